The van der Waals surface area contributed by atoms with Gasteiger partial charge in [0, 0.05) is 17.8 Å². The standard InChI is InChI=1S/C32H39N2/c1-20(2)28-16-27(26-13-11-10-12-14-26)17-29(21(3)4)32(28)34-19-24(7)25(8)31(34)30-15-22(5)23(6)18-33(30)9/h10-21H,1-9H3/q+1. The van der Waals surface area contributed by atoms with Crippen LogP contribution in [-0.2, 0) is 7.05 Å². The van der Waals surface area contributed by atoms with E-state index >= 15 is 0 Å². The van der Waals surface area contributed by atoms with Gasteiger partial charge < -0.3 is 4.57 Å². The summed E-state index contributed by atoms with van der Waals surface area (Å²) in [6.45, 7) is 18.2. The molecule has 0 saturated heterocycles. The van der Waals surface area contributed by atoms with Crippen LogP contribution in [-0.4, -0.2) is 4.57 Å². The largest absolute Gasteiger partial charge is 0.310 e. The van der Waals surface area contributed by atoms with Crippen LogP contribution in [0.3, 0.4) is 0 Å². The molecule has 0 bridgehead atoms. The van der Waals surface area contributed by atoms with Gasteiger partial charge in [0.05, 0.1) is 5.69 Å². The van der Waals surface area contributed by atoms with Crippen LogP contribution in [0.4, 0.5) is 0 Å². The van der Waals surface area contributed by atoms with Crippen molar-refractivity contribution in [3.05, 3.63) is 94.3 Å². The van der Waals surface area contributed by atoms with Gasteiger partial charge in [0.15, 0.2) is 6.20 Å². The van der Waals surface area contributed by atoms with E-state index in [1.54, 1.807) is 0 Å². The fourth-order valence-electron chi connectivity index (χ4n) is 4.97. The van der Waals surface area contributed by atoms with Crippen LogP contribution in [0.15, 0.2) is 60.9 Å². The van der Waals surface area contributed by atoms with Gasteiger partial charge in [-0.1, -0.05) is 58.0 Å². The molecule has 4 aromatic rings. The van der Waals surface area contributed by atoms with Gasteiger partial charge in [-0.3, -0.25) is 0 Å². The Kier molecular flexibility index (Phi) is 6.53. The lowest BCUT2D eigenvalue weighted by atomic mass is 9.88. The van der Waals surface area contributed by atoms with Crippen LogP contribution in [0.25, 0.3) is 28.2 Å². The van der Waals surface area contributed by atoms with Crippen molar-refractivity contribution in [2.24, 2.45) is 7.05 Å². The SMILES string of the molecule is Cc1cc(-c2c(C)c(C)cn2-c2c(C(C)C)cc(-c3ccccc3)cc2C(C)C)[n+](C)cc1C. The number of pyridine rings is 1. The third kappa shape index (κ3) is 4.22. The summed E-state index contributed by atoms with van der Waals surface area (Å²) in [5.41, 5.74) is 14.6. The molecule has 0 amide bonds. The van der Waals surface area contributed by atoms with Crippen LogP contribution in [0.5, 0.6) is 0 Å². The molecule has 0 saturated carbocycles. The molecule has 0 N–H and O–H groups in total. The Morgan fingerprint density at radius 2 is 1.29 bits per heavy atom. The molecule has 0 aliphatic rings. The smallest absolute Gasteiger partial charge is 0.229 e. The number of rotatable bonds is 5. The average Bonchev–Trinajstić information content (AvgIpc) is 3.09. The number of nitrogens with zero attached hydrogens (tertiary/aromatic N) is 2. The fraction of sp³-hybridized carbons (Fsp3) is 0.344. The molecule has 34 heavy (non-hydrogen) atoms. The van der Waals surface area contributed by atoms with Crippen molar-refractivity contribution >= 4 is 0 Å². The molecule has 0 unspecified atom stereocenters. The maximum absolute atomic E-state index is 2.48. The second-order valence-electron chi connectivity index (χ2n) is 10.5. The van der Waals surface area contributed by atoms with Crippen molar-refractivity contribution in [2.45, 2.75) is 67.2 Å². The highest BCUT2D eigenvalue weighted by molar-refractivity contribution is 5.72. The van der Waals surface area contributed by atoms with E-state index in [0.717, 1.165) is 0 Å². The Balaban J connectivity index is 2.08. The molecule has 0 aliphatic carbocycles. The Morgan fingerprint density at radius 1 is 0.706 bits per heavy atom. The molecule has 2 aromatic carbocycles. The highest BCUT2D eigenvalue weighted by atomic mass is 15.0. The normalized spacial score (nSPS) is 11.6. The van der Waals surface area contributed by atoms with Gasteiger partial charge in [-0.2, -0.15) is 4.57 Å². The second-order valence-corrected chi connectivity index (χ2v) is 10.5. The van der Waals surface area contributed by atoms with Crippen molar-refractivity contribution < 1.29 is 4.57 Å². The van der Waals surface area contributed by atoms with Crippen LogP contribution in [0, 0.1) is 27.7 Å². The topological polar surface area (TPSA) is 8.81 Å². The number of hydrogen-bond donors (Lipinski definition) is 0. The minimum Gasteiger partial charge on any atom is -0.310 e. The first-order valence-electron chi connectivity index (χ1n) is 12.5. The Morgan fingerprint density at radius 3 is 1.85 bits per heavy atom. The number of hydrogen-bond acceptors (Lipinski definition) is 0. The summed E-state index contributed by atoms with van der Waals surface area (Å²) >= 11 is 0. The van der Waals surface area contributed by atoms with Crippen molar-refractivity contribution in [2.75, 3.05) is 0 Å². The quantitative estimate of drug-likeness (QED) is 0.271. The monoisotopic (exact) mass is 451 g/mol. The van der Waals surface area contributed by atoms with E-state index in [4.69, 9.17) is 0 Å². The Bertz CT molecular complexity index is 1310. The van der Waals surface area contributed by atoms with E-state index in [0.29, 0.717) is 11.8 Å². The summed E-state index contributed by atoms with van der Waals surface area (Å²) in [5.74, 6) is 0.807. The predicted octanol–water partition coefficient (Wildman–Crippen LogP) is 8.12. The molecule has 2 heterocycles. The molecule has 2 aromatic heterocycles. The molecule has 2 heteroatoms. The highest BCUT2D eigenvalue weighted by Gasteiger charge is 2.26. The van der Waals surface area contributed by atoms with Crippen LogP contribution in [0.2, 0.25) is 0 Å². The summed E-state index contributed by atoms with van der Waals surface area (Å²) in [7, 11) is 2.17. The van der Waals surface area contributed by atoms with E-state index < -0.39 is 0 Å². The van der Waals surface area contributed by atoms with E-state index in [9.17, 15) is 0 Å². The molecular weight excluding hydrogens is 412 g/mol. The van der Waals surface area contributed by atoms with Gasteiger partial charge in [-0.05, 0) is 90.6 Å². The van der Waals surface area contributed by atoms with Crippen molar-refractivity contribution in [3.8, 4) is 28.2 Å². The maximum Gasteiger partial charge on any atom is 0.229 e. The zero-order chi connectivity index (χ0) is 24.7. The molecular formula is C32H39N2+. The number of aryl methyl sites for hydroxylation is 4. The fourth-order valence-corrected chi connectivity index (χ4v) is 4.97. The molecule has 0 aliphatic heterocycles. The summed E-state index contributed by atoms with van der Waals surface area (Å²) in [6.07, 6.45) is 4.59. The zero-order valence-corrected chi connectivity index (χ0v) is 22.3. The molecule has 0 spiro atoms. The van der Waals surface area contributed by atoms with E-state index in [2.05, 4.69) is 132 Å². The van der Waals surface area contributed by atoms with Crippen molar-refractivity contribution in [3.63, 3.8) is 0 Å². The lowest BCUT2D eigenvalue weighted by Crippen LogP contribution is -2.32. The molecule has 0 radical (unpaired) electrons. The predicted molar refractivity (Wildman–Crippen MR) is 145 cm³/mol. The third-order valence-corrected chi connectivity index (χ3v) is 7.26. The van der Waals surface area contributed by atoms with Gasteiger partial charge in [-0.25, -0.2) is 0 Å². The minimum atomic E-state index is 0.403. The first kappa shape index (κ1) is 24.0. The summed E-state index contributed by atoms with van der Waals surface area (Å²) in [6, 6.07) is 17.9. The summed E-state index contributed by atoms with van der Waals surface area (Å²) in [4.78, 5) is 0. The Labute approximate surface area is 205 Å². The molecule has 4 rings (SSSR count). The van der Waals surface area contributed by atoms with Gasteiger partial charge in [0.2, 0.25) is 5.69 Å². The van der Waals surface area contributed by atoms with Gasteiger partial charge in [-0.15, -0.1) is 0 Å². The van der Waals surface area contributed by atoms with Crippen molar-refractivity contribution in [1.82, 2.24) is 4.57 Å². The van der Waals surface area contributed by atoms with Crippen LogP contribution < -0.4 is 4.57 Å². The number of benzene rings is 2. The average molecular weight is 452 g/mol. The third-order valence-electron chi connectivity index (χ3n) is 7.26. The maximum atomic E-state index is 2.48. The molecule has 0 atom stereocenters. The molecule has 2 nitrogen and oxygen atoms in total. The van der Waals surface area contributed by atoms with Gasteiger partial charge in [0.1, 0.15) is 12.7 Å². The van der Waals surface area contributed by atoms with E-state index in [1.807, 2.05) is 0 Å². The lowest BCUT2D eigenvalue weighted by molar-refractivity contribution is -0.661. The summed E-state index contributed by atoms with van der Waals surface area (Å²) < 4.78 is 4.76. The Hall–Kier alpha value is -3.13. The van der Waals surface area contributed by atoms with E-state index in [1.165, 1.54) is 61.6 Å². The first-order chi connectivity index (χ1) is 16.1. The minimum absolute atomic E-state index is 0.403. The zero-order valence-electron chi connectivity index (χ0n) is 22.3. The first-order valence-corrected chi connectivity index (χ1v) is 12.5. The van der Waals surface area contributed by atoms with E-state index in [-0.39, 0.29) is 0 Å². The lowest BCUT2D eigenvalue weighted by Gasteiger charge is -2.24. The van der Waals surface area contributed by atoms with Gasteiger partial charge >= 0.3 is 0 Å². The summed E-state index contributed by atoms with van der Waals surface area (Å²) in [5, 5.41) is 0. The van der Waals surface area contributed by atoms with Crippen LogP contribution >= 0.6 is 0 Å². The van der Waals surface area contributed by atoms with Crippen LogP contribution in [0.1, 0.15) is 72.9 Å². The highest BCUT2D eigenvalue weighted by Crippen LogP contribution is 2.39. The number of aromatic nitrogens is 2. The molecule has 0 fully saturated rings. The molecule has 176 valence electrons. The van der Waals surface area contributed by atoms with Crippen molar-refractivity contribution in [1.29, 1.82) is 0 Å². The second kappa shape index (κ2) is 9.25. The van der Waals surface area contributed by atoms with Gasteiger partial charge in [0.25, 0.3) is 0 Å².